The third kappa shape index (κ3) is 3.53. The Balaban J connectivity index is 1.51. The number of aliphatic imine (C=N–C) groups is 1. The number of nitrogens with one attached hydrogen (secondary N) is 2. The Labute approximate surface area is 196 Å². The fraction of sp³-hybridized carbons (Fsp3) is 0.143. The van der Waals surface area contributed by atoms with Crippen molar-refractivity contribution in [2.45, 2.75) is 19.8 Å². The number of amides is 1. The lowest BCUT2D eigenvalue weighted by Gasteiger charge is -2.13. The number of carbonyl (C=O) groups excluding carboxylic acids is 1. The molecule has 0 aliphatic carbocycles. The lowest BCUT2D eigenvalue weighted by atomic mass is 9.93. The Morgan fingerprint density at radius 2 is 1.88 bits per heavy atom. The van der Waals surface area contributed by atoms with Crippen LogP contribution in [0.15, 0.2) is 78.0 Å². The first kappa shape index (κ1) is 20.3. The van der Waals surface area contributed by atoms with E-state index in [-0.39, 0.29) is 5.91 Å². The van der Waals surface area contributed by atoms with Crippen LogP contribution in [-0.4, -0.2) is 33.1 Å². The molecule has 0 bridgehead atoms. The molecule has 6 rings (SSSR count). The van der Waals surface area contributed by atoms with Crippen molar-refractivity contribution in [3.63, 3.8) is 0 Å². The first-order chi connectivity index (χ1) is 16.7. The van der Waals surface area contributed by atoms with E-state index in [1.165, 1.54) is 12.5 Å². The number of aromatic nitrogens is 3. The third-order valence-corrected chi connectivity index (χ3v) is 6.28. The highest BCUT2D eigenvalue weighted by molar-refractivity contribution is 6.14. The van der Waals surface area contributed by atoms with E-state index >= 15 is 0 Å². The monoisotopic (exact) mass is 445 g/mol. The van der Waals surface area contributed by atoms with Crippen LogP contribution in [-0.2, 0) is 11.2 Å². The highest BCUT2D eigenvalue weighted by Crippen LogP contribution is 2.34. The summed E-state index contributed by atoms with van der Waals surface area (Å²) in [6, 6.07) is 20.5. The Kier molecular flexibility index (Phi) is 4.91. The van der Waals surface area contributed by atoms with E-state index in [0.717, 1.165) is 75.1 Å². The molecule has 5 aromatic rings. The number of aromatic amines is 1. The van der Waals surface area contributed by atoms with Gasteiger partial charge in [-0.05, 0) is 53.6 Å². The number of benzene rings is 3. The normalized spacial score (nSPS) is 13.4. The van der Waals surface area contributed by atoms with E-state index in [9.17, 15) is 4.79 Å². The first-order valence-electron chi connectivity index (χ1n) is 11.4. The van der Waals surface area contributed by atoms with Crippen molar-refractivity contribution in [2.75, 3.05) is 11.9 Å². The summed E-state index contributed by atoms with van der Waals surface area (Å²) in [6.07, 6.45) is 5.67. The summed E-state index contributed by atoms with van der Waals surface area (Å²) in [6.45, 7) is 2.29. The molecule has 3 aromatic carbocycles. The molecule has 0 fully saturated rings. The summed E-state index contributed by atoms with van der Waals surface area (Å²) in [5.74, 6) is 0.695. The average Bonchev–Trinajstić information content (AvgIpc) is 3.16. The standard InChI is InChI=1S/C28H23N5O/c1-17(34)31-24-10-4-7-20-22(15-29-16-23(20)24)19-12-11-18-6-5-13-30-27(21(18)14-19)28-32-25-8-2-3-9-26(25)33-28/h2-4,7-12,14-16H,5-6,13H2,1H3,(H,31,34)(H,32,33). The van der Waals surface area contributed by atoms with E-state index in [1.807, 2.05) is 42.6 Å². The summed E-state index contributed by atoms with van der Waals surface area (Å²) in [4.78, 5) is 29.4. The molecule has 2 N–H and O–H groups in total. The molecule has 0 radical (unpaired) electrons. The second-order valence-electron chi connectivity index (χ2n) is 8.58. The minimum Gasteiger partial charge on any atom is -0.337 e. The zero-order valence-electron chi connectivity index (χ0n) is 18.8. The van der Waals surface area contributed by atoms with Crippen molar-refractivity contribution in [1.82, 2.24) is 15.0 Å². The minimum atomic E-state index is -0.102. The summed E-state index contributed by atoms with van der Waals surface area (Å²) in [5.41, 5.74) is 8.05. The van der Waals surface area contributed by atoms with E-state index < -0.39 is 0 Å². The maximum atomic E-state index is 11.7. The largest absolute Gasteiger partial charge is 0.337 e. The maximum absolute atomic E-state index is 11.7. The number of rotatable bonds is 3. The zero-order valence-corrected chi connectivity index (χ0v) is 18.8. The molecule has 166 valence electrons. The van der Waals surface area contributed by atoms with Gasteiger partial charge in [-0.3, -0.25) is 14.8 Å². The molecule has 0 saturated heterocycles. The Morgan fingerprint density at radius 1 is 0.971 bits per heavy atom. The van der Waals surface area contributed by atoms with Gasteiger partial charge in [0.25, 0.3) is 0 Å². The number of anilines is 1. The summed E-state index contributed by atoms with van der Waals surface area (Å²) in [5, 5.41) is 4.87. The Bertz CT molecular complexity index is 1560. The van der Waals surface area contributed by atoms with Gasteiger partial charge in [0.05, 0.1) is 16.7 Å². The van der Waals surface area contributed by atoms with Gasteiger partial charge in [-0.2, -0.15) is 0 Å². The Hall–Kier alpha value is -4.32. The van der Waals surface area contributed by atoms with Crippen molar-refractivity contribution in [3.05, 3.63) is 90.0 Å². The van der Waals surface area contributed by atoms with Crippen LogP contribution < -0.4 is 5.32 Å². The quantitative estimate of drug-likeness (QED) is 0.384. The van der Waals surface area contributed by atoms with Gasteiger partial charge in [0.1, 0.15) is 5.71 Å². The van der Waals surface area contributed by atoms with Crippen LogP contribution in [0.5, 0.6) is 0 Å². The van der Waals surface area contributed by atoms with Crippen LogP contribution in [0, 0.1) is 0 Å². The number of hydrogen-bond acceptors (Lipinski definition) is 4. The number of imidazole rings is 1. The lowest BCUT2D eigenvalue weighted by Crippen LogP contribution is -2.08. The van der Waals surface area contributed by atoms with E-state index in [2.05, 4.69) is 39.6 Å². The fourth-order valence-electron chi connectivity index (χ4n) is 4.72. The molecule has 0 spiro atoms. The average molecular weight is 446 g/mol. The van der Waals surface area contributed by atoms with Gasteiger partial charge in [0, 0.05) is 42.4 Å². The summed E-state index contributed by atoms with van der Waals surface area (Å²) in [7, 11) is 0. The number of pyridine rings is 1. The molecular weight excluding hydrogens is 422 g/mol. The molecular formula is C28H23N5O. The molecule has 34 heavy (non-hydrogen) atoms. The molecule has 0 unspecified atom stereocenters. The lowest BCUT2D eigenvalue weighted by molar-refractivity contribution is -0.114. The van der Waals surface area contributed by atoms with Gasteiger partial charge >= 0.3 is 0 Å². The van der Waals surface area contributed by atoms with Gasteiger partial charge < -0.3 is 10.3 Å². The number of fused-ring (bicyclic) bond motifs is 3. The van der Waals surface area contributed by atoms with E-state index in [4.69, 9.17) is 9.98 Å². The maximum Gasteiger partial charge on any atom is 0.221 e. The van der Waals surface area contributed by atoms with Crippen molar-refractivity contribution in [2.24, 2.45) is 4.99 Å². The number of nitrogens with zero attached hydrogens (tertiary/aromatic N) is 3. The van der Waals surface area contributed by atoms with Crippen LogP contribution in [0.1, 0.15) is 30.3 Å². The second-order valence-corrected chi connectivity index (χ2v) is 8.58. The molecule has 0 atom stereocenters. The second kappa shape index (κ2) is 8.23. The summed E-state index contributed by atoms with van der Waals surface area (Å²) >= 11 is 0. The smallest absolute Gasteiger partial charge is 0.221 e. The van der Waals surface area contributed by atoms with Crippen molar-refractivity contribution in [3.8, 4) is 11.1 Å². The van der Waals surface area contributed by atoms with Crippen LogP contribution in [0.3, 0.4) is 0 Å². The highest BCUT2D eigenvalue weighted by Gasteiger charge is 2.19. The topological polar surface area (TPSA) is 83.0 Å². The predicted octanol–water partition coefficient (Wildman–Crippen LogP) is 5.52. The fourth-order valence-corrected chi connectivity index (χ4v) is 4.72. The number of aryl methyl sites for hydroxylation is 1. The molecule has 1 aliphatic rings. The van der Waals surface area contributed by atoms with Crippen LogP contribution in [0.2, 0.25) is 0 Å². The van der Waals surface area contributed by atoms with Gasteiger partial charge in [-0.1, -0.05) is 36.4 Å². The van der Waals surface area contributed by atoms with Gasteiger partial charge in [0.2, 0.25) is 5.91 Å². The van der Waals surface area contributed by atoms with Gasteiger partial charge in [-0.15, -0.1) is 0 Å². The molecule has 1 aliphatic heterocycles. The third-order valence-electron chi connectivity index (χ3n) is 6.28. The number of para-hydroxylation sites is 2. The molecule has 2 aromatic heterocycles. The Morgan fingerprint density at radius 3 is 2.76 bits per heavy atom. The van der Waals surface area contributed by atoms with Crippen LogP contribution in [0.25, 0.3) is 32.9 Å². The first-order valence-corrected chi connectivity index (χ1v) is 11.4. The number of H-pyrrole nitrogens is 1. The SMILES string of the molecule is CC(=O)Nc1cccc2c(-c3ccc4c(c3)C(c3nc5ccccc5[nH]3)=NCCC4)cncc12. The van der Waals surface area contributed by atoms with E-state index in [0.29, 0.717) is 0 Å². The van der Waals surface area contributed by atoms with Crippen molar-refractivity contribution in [1.29, 1.82) is 0 Å². The molecule has 1 amide bonds. The van der Waals surface area contributed by atoms with Gasteiger partial charge in [-0.25, -0.2) is 4.98 Å². The molecule has 3 heterocycles. The highest BCUT2D eigenvalue weighted by atomic mass is 16.1. The molecule has 6 heteroatoms. The zero-order chi connectivity index (χ0) is 23.1. The predicted molar refractivity (Wildman–Crippen MR) is 136 cm³/mol. The van der Waals surface area contributed by atoms with Crippen molar-refractivity contribution >= 4 is 39.1 Å². The summed E-state index contributed by atoms with van der Waals surface area (Å²) < 4.78 is 0. The van der Waals surface area contributed by atoms with Crippen LogP contribution >= 0.6 is 0 Å². The van der Waals surface area contributed by atoms with Gasteiger partial charge in [0.15, 0.2) is 5.82 Å². The molecule has 6 nitrogen and oxygen atoms in total. The van der Waals surface area contributed by atoms with Crippen molar-refractivity contribution < 1.29 is 4.79 Å². The molecule has 0 saturated carbocycles. The minimum absolute atomic E-state index is 0.102. The number of hydrogen-bond donors (Lipinski definition) is 2. The number of carbonyl (C=O) groups is 1. The van der Waals surface area contributed by atoms with Crippen LogP contribution in [0.4, 0.5) is 5.69 Å². The van der Waals surface area contributed by atoms with E-state index in [1.54, 1.807) is 6.20 Å².